The Bertz CT molecular complexity index is 971. The molecule has 0 aliphatic rings. The van der Waals surface area contributed by atoms with Crippen molar-refractivity contribution in [1.82, 2.24) is 20.0 Å². The van der Waals surface area contributed by atoms with E-state index in [1.54, 1.807) is 10.9 Å². The van der Waals surface area contributed by atoms with Crippen LogP contribution in [0.1, 0.15) is 11.1 Å². The topological polar surface area (TPSA) is 62.1 Å². The van der Waals surface area contributed by atoms with Gasteiger partial charge in [0.25, 0.3) is 0 Å². The molecular weight excluding hydrogens is 352 g/mol. The predicted molar refractivity (Wildman–Crippen MR) is 106 cm³/mol. The summed E-state index contributed by atoms with van der Waals surface area (Å²) in [7, 11) is 1.82. The lowest BCUT2D eigenvalue weighted by Crippen LogP contribution is -2.02. The Labute approximate surface area is 163 Å². The van der Waals surface area contributed by atoms with E-state index in [0.29, 0.717) is 36.1 Å². The summed E-state index contributed by atoms with van der Waals surface area (Å²) < 4.78 is 13.7. The molecule has 0 amide bonds. The SMILES string of the molecule is Cn1cc(-c2c(OCc3ccccc3)ccnc2OCc2ccccc2)nn1. The Morgan fingerprint density at radius 2 is 1.46 bits per heavy atom. The Morgan fingerprint density at radius 1 is 0.821 bits per heavy atom. The first-order chi connectivity index (χ1) is 13.8. The van der Waals surface area contributed by atoms with E-state index in [1.807, 2.05) is 80.0 Å². The molecular formula is C22H20N4O2. The molecule has 4 aromatic rings. The molecule has 0 radical (unpaired) electrons. The second-order valence-corrected chi connectivity index (χ2v) is 6.32. The fourth-order valence-corrected chi connectivity index (χ4v) is 2.81. The summed E-state index contributed by atoms with van der Waals surface area (Å²) in [6, 6.07) is 21.8. The van der Waals surface area contributed by atoms with E-state index < -0.39 is 0 Å². The van der Waals surface area contributed by atoms with Gasteiger partial charge in [0.2, 0.25) is 5.88 Å². The molecule has 0 atom stereocenters. The minimum absolute atomic E-state index is 0.406. The zero-order valence-electron chi connectivity index (χ0n) is 15.5. The molecule has 0 N–H and O–H groups in total. The largest absolute Gasteiger partial charge is 0.488 e. The van der Waals surface area contributed by atoms with Crippen LogP contribution in [0.4, 0.5) is 0 Å². The van der Waals surface area contributed by atoms with Gasteiger partial charge >= 0.3 is 0 Å². The van der Waals surface area contributed by atoms with Crippen LogP contribution in [0.3, 0.4) is 0 Å². The molecule has 0 saturated carbocycles. The molecule has 2 aromatic heterocycles. The van der Waals surface area contributed by atoms with Crippen LogP contribution in [0.2, 0.25) is 0 Å². The summed E-state index contributed by atoms with van der Waals surface area (Å²) in [6.45, 7) is 0.847. The maximum atomic E-state index is 6.08. The highest BCUT2D eigenvalue weighted by Gasteiger charge is 2.18. The van der Waals surface area contributed by atoms with Crippen LogP contribution in [0.25, 0.3) is 11.3 Å². The van der Waals surface area contributed by atoms with E-state index in [9.17, 15) is 0 Å². The van der Waals surface area contributed by atoms with E-state index in [2.05, 4.69) is 15.3 Å². The molecule has 6 heteroatoms. The van der Waals surface area contributed by atoms with Crippen LogP contribution < -0.4 is 9.47 Å². The first-order valence-electron chi connectivity index (χ1n) is 8.99. The van der Waals surface area contributed by atoms with Crippen LogP contribution in [0, 0.1) is 0 Å². The Kier molecular flexibility index (Phi) is 5.29. The van der Waals surface area contributed by atoms with Gasteiger partial charge in [0, 0.05) is 13.2 Å². The first kappa shape index (κ1) is 17.7. The highest BCUT2D eigenvalue weighted by molar-refractivity contribution is 5.71. The summed E-state index contributed by atoms with van der Waals surface area (Å²) in [5.41, 5.74) is 3.49. The minimum atomic E-state index is 0.406. The standard InChI is InChI=1S/C22H20N4O2/c1-26-14-19(24-25-26)21-20(27-15-17-8-4-2-5-9-17)12-13-23-22(21)28-16-18-10-6-3-7-11-18/h2-14H,15-16H2,1H3. The van der Waals surface area contributed by atoms with E-state index in [4.69, 9.17) is 9.47 Å². The van der Waals surface area contributed by atoms with Crippen molar-refractivity contribution in [1.29, 1.82) is 0 Å². The van der Waals surface area contributed by atoms with Gasteiger partial charge in [-0.3, -0.25) is 4.68 Å². The van der Waals surface area contributed by atoms with Crippen molar-refractivity contribution in [3.8, 4) is 22.9 Å². The highest BCUT2D eigenvalue weighted by atomic mass is 16.5. The number of aromatic nitrogens is 4. The van der Waals surface area contributed by atoms with Crippen molar-refractivity contribution in [3.63, 3.8) is 0 Å². The van der Waals surface area contributed by atoms with Crippen molar-refractivity contribution in [2.45, 2.75) is 13.2 Å². The summed E-state index contributed by atoms with van der Waals surface area (Å²) >= 11 is 0. The number of hydrogen-bond donors (Lipinski definition) is 0. The third-order valence-corrected chi connectivity index (χ3v) is 4.19. The average molecular weight is 372 g/mol. The minimum Gasteiger partial charge on any atom is -0.488 e. The first-order valence-corrected chi connectivity index (χ1v) is 8.99. The highest BCUT2D eigenvalue weighted by Crippen LogP contribution is 2.36. The average Bonchev–Trinajstić information content (AvgIpc) is 3.18. The lowest BCUT2D eigenvalue weighted by atomic mass is 10.2. The van der Waals surface area contributed by atoms with Crippen molar-refractivity contribution in [2.24, 2.45) is 7.05 Å². The lowest BCUT2D eigenvalue weighted by Gasteiger charge is -2.14. The lowest BCUT2D eigenvalue weighted by molar-refractivity contribution is 0.283. The van der Waals surface area contributed by atoms with Crippen LogP contribution in [-0.2, 0) is 20.3 Å². The van der Waals surface area contributed by atoms with Crippen molar-refractivity contribution in [3.05, 3.63) is 90.3 Å². The van der Waals surface area contributed by atoms with Gasteiger partial charge in [0.05, 0.1) is 6.20 Å². The number of aryl methyl sites for hydroxylation is 1. The normalized spacial score (nSPS) is 10.6. The molecule has 0 spiro atoms. The number of pyridine rings is 1. The van der Waals surface area contributed by atoms with Crippen LogP contribution >= 0.6 is 0 Å². The second-order valence-electron chi connectivity index (χ2n) is 6.32. The van der Waals surface area contributed by atoms with E-state index in [0.717, 1.165) is 11.1 Å². The van der Waals surface area contributed by atoms with Crippen LogP contribution in [0.5, 0.6) is 11.6 Å². The zero-order valence-corrected chi connectivity index (χ0v) is 15.5. The van der Waals surface area contributed by atoms with Gasteiger partial charge < -0.3 is 9.47 Å². The molecule has 28 heavy (non-hydrogen) atoms. The van der Waals surface area contributed by atoms with E-state index >= 15 is 0 Å². The van der Waals surface area contributed by atoms with Crippen molar-refractivity contribution >= 4 is 0 Å². The fraction of sp³-hybridized carbons (Fsp3) is 0.136. The van der Waals surface area contributed by atoms with Gasteiger partial charge in [-0.1, -0.05) is 65.9 Å². The van der Waals surface area contributed by atoms with Gasteiger partial charge in [-0.25, -0.2) is 4.98 Å². The van der Waals surface area contributed by atoms with Gasteiger partial charge in [-0.2, -0.15) is 0 Å². The molecule has 140 valence electrons. The number of hydrogen-bond acceptors (Lipinski definition) is 5. The maximum Gasteiger partial charge on any atom is 0.227 e. The molecule has 2 aromatic carbocycles. The molecule has 0 saturated heterocycles. The Balaban J connectivity index is 1.63. The smallest absolute Gasteiger partial charge is 0.227 e. The molecule has 2 heterocycles. The summed E-state index contributed by atoms with van der Waals surface area (Å²) in [5.74, 6) is 1.12. The number of nitrogens with zero attached hydrogens (tertiary/aromatic N) is 4. The van der Waals surface area contributed by atoms with Crippen molar-refractivity contribution in [2.75, 3.05) is 0 Å². The zero-order chi connectivity index (χ0) is 19.2. The number of ether oxygens (including phenoxy) is 2. The van der Waals surface area contributed by atoms with Gasteiger partial charge in [0.15, 0.2) is 0 Å². The summed E-state index contributed by atoms with van der Waals surface area (Å²) in [6.07, 6.45) is 3.50. The molecule has 0 aliphatic carbocycles. The van der Waals surface area contributed by atoms with Crippen LogP contribution in [0.15, 0.2) is 79.1 Å². The molecule has 0 fully saturated rings. The Hall–Kier alpha value is -3.67. The predicted octanol–water partition coefficient (Wildman–Crippen LogP) is 4.04. The van der Waals surface area contributed by atoms with Crippen LogP contribution in [-0.4, -0.2) is 20.0 Å². The van der Waals surface area contributed by atoms with Gasteiger partial charge in [-0.05, 0) is 17.2 Å². The molecule has 6 nitrogen and oxygen atoms in total. The van der Waals surface area contributed by atoms with Gasteiger partial charge in [-0.15, -0.1) is 5.10 Å². The molecule has 4 rings (SSSR count). The van der Waals surface area contributed by atoms with E-state index in [-0.39, 0.29) is 0 Å². The summed E-state index contributed by atoms with van der Waals surface area (Å²) in [4.78, 5) is 4.42. The molecule has 0 unspecified atom stereocenters. The number of rotatable bonds is 7. The van der Waals surface area contributed by atoms with Gasteiger partial charge in [0.1, 0.15) is 30.2 Å². The van der Waals surface area contributed by atoms with E-state index in [1.165, 1.54) is 0 Å². The summed E-state index contributed by atoms with van der Waals surface area (Å²) in [5, 5.41) is 8.27. The molecule has 0 bridgehead atoms. The monoisotopic (exact) mass is 372 g/mol. The quantitative estimate of drug-likeness (QED) is 0.490. The Morgan fingerprint density at radius 3 is 2.07 bits per heavy atom. The second kappa shape index (κ2) is 8.35. The molecule has 0 aliphatic heterocycles. The number of benzene rings is 2. The fourth-order valence-electron chi connectivity index (χ4n) is 2.81. The van der Waals surface area contributed by atoms with Crippen molar-refractivity contribution < 1.29 is 9.47 Å². The third-order valence-electron chi connectivity index (χ3n) is 4.19. The maximum absolute atomic E-state index is 6.08. The third kappa shape index (κ3) is 4.17.